The van der Waals surface area contributed by atoms with E-state index < -0.39 is 5.60 Å². The number of benzene rings is 1. The number of aromatic nitrogens is 1. The summed E-state index contributed by atoms with van der Waals surface area (Å²) in [5.74, 6) is -0.378. The maximum atomic E-state index is 11.5. The molecule has 2 rings (SSSR count). The molecular weight excluding hydrogens is 244 g/mol. The van der Waals surface area contributed by atoms with Crippen LogP contribution in [0.3, 0.4) is 0 Å². The SMILES string of the molecule is CN(C)C(c1ccc2c(c1)oc(=O)n2C)C(C)(C)O. The first-order valence-electron chi connectivity index (χ1n) is 6.20. The third kappa shape index (κ3) is 2.43. The minimum absolute atomic E-state index is 0.178. The van der Waals surface area contributed by atoms with Gasteiger partial charge in [0.1, 0.15) is 0 Å². The normalized spacial score (nSPS) is 14.3. The second-order valence-corrected chi connectivity index (χ2v) is 5.67. The Balaban J connectivity index is 2.59. The molecular formula is C14H20N2O3. The number of oxazole rings is 1. The van der Waals surface area contributed by atoms with Crippen molar-refractivity contribution in [2.24, 2.45) is 7.05 Å². The molecule has 0 amide bonds. The third-order valence-corrected chi connectivity index (χ3v) is 3.32. The lowest BCUT2D eigenvalue weighted by atomic mass is 9.91. The van der Waals surface area contributed by atoms with Gasteiger partial charge in [0.05, 0.1) is 17.2 Å². The molecule has 5 heteroatoms. The highest BCUT2D eigenvalue weighted by molar-refractivity contribution is 5.73. The number of nitrogens with zero attached hydrogens (tertiary/aromatic N) is 2. The van der Waals surface area contributed by atoms with Gasteiger partial charge in [-0.2, -0.15) is 0 Å². The molecule has 0 aliphatic carbocycles. The van der Waals surface area contributed by atoms with E-state index in [9.17, 15) is 9.90 Å². The Kier molecular flexibility index (Phi) is 3.28. The highest BCUT2D eigenvalue weighted by atomic mass is 16.4. The van der Waals surface area contributed by atoms with E-state index in [1.807, 2.05) is 37.2 Å². The fourth-order valence-corrected chi connectivity index (χ4v) is 2.66. The summed E-state index contributed by atoms with van der Waals surface area (Å²) in [6, 6.07) is 5.40. The Hall–Kier alpha value is -1.59. The van der Waals surface area contributed by atoms with Crippen molar-refractivity contribution < 1.29 is 9.52 Å². The molecule has 19 heavy (non-hydrogen) atoms. The van der Waals surface area contributed by atoms with Gasteiger partial charge in [-0.3, -0.25) is 9.47 Å². The van der Waals surface area contributed by atoms with E-state index in [0.29, 0.717) is 5.58 Å². The Labute approximate surface area is 112 Å². The van der Waals surface area contributed by atoms with Crippen LogP contribution in [0.25, 0.3) is 11.1 Å². The molecule has 104 valence electrons. The van der Waals surface area contributed by atoms with Crippen molar-refractivity contribution in [1.29, 1.82) is 0 Å². The summed E-state index contributed by atoms with van der Waals surface area (Å²) >= 11 is 0. The van der Waals surface area contributed by atoms with E-state index in [0.717, 1.165) is 11.1 Å². The number of aliphatic hydroxyl groups is 1. The zero-order chi connectivity index (χ0) is 14.4. The van der Waals surface area contributed by atoms with E-state index in [1.54, 1.807) is 20.9 Å². The van der Waals surface area contributed by atoms with Gasteiger partial charge >= 0.3 is 5.76 Å². The van der Waals surface area contributed by atoms with Crippen molar-refractivity contribution in [3.63, 3.8) is 0 Å². The number of rotatable bonds is 3. The van der Waals surface area contributed by atoms with Gasteiger partial charge in [-0.05, 0) is 45.6 Å². The molecule has 1 N–H and O–H groups in total. The van der Waals surface area contributed by atoms with Crippen LogP contribution in [0.4, 0.5) is 0 Å². The van der Waals surface area contributed by atoms with Crippen LogP contribution in [0.15, 0.2) is 27.4 Å². The van der Waals surface area contributed by atoms with Crippen molar-refractivity contribution in [1.82, 2.24) is 9.47 Å². The largest absolute Gasteiger partial charge is 0.419 e. The number of aryl methyl sites for hydroxylation is 1. The summed E-state index contributed by atoms with van der Waals surface area (Å²) in [4.78, 5) is 13.4. The lowest BCUT2D eigenvalue weighted by molar-refractivity contribution is -0.00311. The molecule has 0 saturated heterocycles. The van der Waals surface area contributed by atoms with Crippen LogP contribution in [0.5, 0.6) is 0 Å². The van der Waals surface area contributed by atoms with Gasteiger partial charge in [0.25, 0.3) is 0 Å². The summed E-state index contributed by atoms with van der Waals surface area (Å²) in [6.07, 6.45) is 0. The lowest BCUT2D eigenvalue weighted by Gasteiger charge is -2.35. The summed E-state index contributed by atoms with van der Waals surface area (Å²) in [6.45, 7) is 3.53. The number of hydrogen-bond acceptors (Lipinski definition) is 4. The van der Waals surface area contributed by atoms with Gasteiger partial charge in [-0.15, -0.1) is 0 Å². The van der Waals surface area contributed by atoms with Crippen LogP contribution in [-0.2, 0) is 7.05 Å². The molecule has 1 unspecified atom stereocenters. The number of hydrogen-bond donors (Lipinski definition) is 1. The third-order valence-electron chi connectivity index (χ3n) is 3.32. The van der Waals surface area contributed by atoms with Crippen LogP contribution in [-0.4, -0.2) is 34.3 Å². The van der Waals surface area contributed by atoms with Crippen LogP contribution in [0, 0.1) is 0 Å². The van der Waals surface area contributed by atoms with Gasteiger partial charge in [-0.1, -0.05) is 6.07 Å². The highest BCUT2D eigenvalue weighted by Crippen LogP contribution is 2.31. The van der Waals surface area contributed by atoms with Crippen LogP contribution in [0.2, 0.25) is 0 Å². The van der Waals surface area contributed by atoms with Crippen molar-refractivity contribution in [3.8, 4) is 0 Å². The van der Waals surface area contributed by atoms with E-state index in [2.05, 4.69) is 0 Å². The maximum Gasteiger partial charge on any atom is 0.419 e. The first-order valence-corrected chi connectivity index (χ1v) is 6.20. The molecule has 0 saturated carbocycles. The summed E-state index contributed by atoms with van der Waals surface area (Å²) in [5, 5.41) is 10.3. The molecule has 0 aliphatic heterocycles. The van der Waals surface area contributed by atoms with E-state index in [1.165, 1.54) is 4.57 Å². The van der Waals surface area contributed by atoms with Crippen LogP contribution >= 0.6 is 0 Å². The van der Waals surface area contributed by atoms with Crippen molar-refractivity contribution in [2.75, 3.05) is 14.1 Å². The van der Waals surface area contributed by atoms with Crippen molar-refractivity contribution in [2.45, 2.75) is 25.5 Å². The van der Waals surface area contributed by atoms with Gasteiger partial charge in [-0.25, -0.2) is 4.79 Å². The minimum atomic E-state index is -0.897. The molecule has 1 atom stereocenters. The summed E-state index contributed by atoms with van der Waals surface area (Å²) in [7, 11) is 5.50. The predicted molar refractivity (Wildman–Crippen MR) is 74.2 cm³/mol. The van der Waals surface area contributed by atoms with E-state index in [-0.39, 0.29) is 11.8 Å². The zero-order valence-electron chi connectivity index (χ0n) is 12.0. The number of fused-ring (bicyclic) bond motifs is 1. The predicted octanol–water partition coefficient (Wildman–Crippen LogP) is 1.51. The topological polar surface area (TPSA) is 58.6 Å². The summed E-state index contributed by atoms with van der Waals surface area (Å²) in [5.41, 5.74) is 1.31. The molecule has 0 aliphatic rings. The smallest absolute Gasteiger partial charge is 0.408 e. The average molecular weight is 264 g/mol. The van der Waals surface area contributed by atoms with Gasteiger partial charge in [0.15, 0.2) is 5.58 Å². The van der Waals surface area contributed by atoms with Gasteiger partial charge in [0, 0.05) is 7.05 Å². The molecule has 0 spiro atoms. The molecule has 2 aromatic rings. The molecule has 0 fully saturated rings. The van der Waals surface area contributed by atoms with Crippen LogP contribution in [0.1, 0.15) is 25.5 Å². The molecule has 0 radical (unpaired) electrons. The second kappa shape index (κ2) is 4.51. The Morgan fingerprint density at radius 1 is 1.37 bits per heavy atom. The van der Waals surface area contributed by atoms with Crippen molar-refractivity contribution in [3.05, 3.63) is 34.3 Å². The molecule has 5 nitrogen and oxygen atoms in total. The highest BCUT2D eigenvalue weighted by Gasteiger charge is 2.30. The first-order chi connectivity index (χ1) is 8.71. The fraction of sp³-hybridized carbons (Fsp3) is 0.500. The van der Waals surface area contributed by atoms with Gasteiger partial charge < -0.3 is 9.52 Å². The van der Waals surface area contributed by atoms with E-state index in [4.69, 9.17) is 4.42 Å². The van der Waals surface area contributed by atoms with Gasteiger partial charge in [0.2, 0.25) is 0 Å². The molecule has 1 aromatic heterocycles. The minimum Gasteiger partial charge on any atom is -0.408 e. The van der Waals surface area contributed by atoms with Crippen LogP contribution < -0.4 is 5.76 Å². The first kappa shape index (κ1) is 13.8. The maximum absolute atomic E-state index is 11.5. The molecule has 1 heterocycles. The molecule has 0 bridgehead atoms. The average Bonchev–Trinajstić information content (AvgIpc) is 2.52. The monoisotopic (exact) mass is 264 g/mol. The quantitative estimate of drug-likeness (QED) is 0.913. The Bertz CT molecular complexity index is 647. The van der Waals surface area contributed by atoms with Crippen molar-refractivity contribution >= 4 is 11.1 Å². The standard InChI is InChI=1S/C14H20N2O3/c1-14(2,18)12(15(3)4)9-6-7-10-11(8-9)19-13(17)16(10)5/h6-8,12,18H,1-5H3. The zero-order valence-corrected chi connectivity index (χ0v) is 12.0. The van der Waals surface area contributed by atoms with E-state index >= 15 is 0 Å². The fourth-order valence-electron chi connectivity index (χ4n) is 2.66. The Morgan fingerprint density at radius 3 is 2.53 bits per heavy atom. The Morgan fingerprint density at radius 2 is 2.00 bits per heavy atom. The molecule has 1 aromatic carbocycles. The number of likely N-dealkylation sites (N-methyl/N-ethyl adjacent to an activating group) is 1. The summed E-state index contributed by atoms with van der Waals surface area (Å²) < 4.78 is 6.66. The second-order valence-electron chi connectivity index (χ2n) is 5.67. The lowest BCUT2D eigenvalue weighted by Crippen LogP contribution is -2.38.